The molecule has 0 spiro atoms. The van der Waals surface area contributed by atoms with Gasteiger partial charge in [-0.05, 0) is 69.5 Å². The van der Waals surface area contributed by atoms with Crippen molar-refractivity contribution in [2.45, 2.75) is 45.7 Å². The number of anilines is 1. The maximum atomic E-state index is 15.2. The maximum absolute atomic E-state index is 15.2. The lowest BCUT2D eigenvalue weighted by atomic mass is 9.94. The van der Waals surface area contributed by atoms with E-state index in [1.165, 1.54) is 11.8 Å². The minimum absolute atomic E-state index is 0.00227. The minimum Gasteiger partial charge on any atom is -0.422 e. The normalized spacial score (nSPS) is 19.2. The highest BCUT2D eigenvalue weighted by Crippen LogP contribution is 2.38. The second-order valence-electron chi connectivity index (χ2n) is 12.8. The molecule has 2 fully saturated rings. The van der Waals surface area contributed by atoms with E-state index >= 15 is 4.39 Å². The predicted octanol–water partition coefficient (Wildman–Crippen LogP) is 3.24. The van der Waals surface area contributed by atoms with Crippen LogP contribution in [0.1, 0.15) is 55.8 Å². The van der Waals surface area contributed by atoms with Crippen molar-refractivity contribution in [2.24, 2.45) is 0 Å². The first-order valence-electron chi connectivity index (χ1n) is 15.9. The molecular formula is C33H39ClFN5O7S. The van der Waals surface area contributed by atoms with Gasteiger partial charge in [0.25, 0.3) is 11.8 Å². The second kappa shape index (κ2) is 13.4. The summed E-state index contributed by atoms with van der Waals surface area (Å²) < 4.78 is 54.7. The maximum Gasteiger partial charge on any atom is 0.341 e. The van der Waals surface area contributed by atoms with E-state index in [0.717, 1.165) is 52.9 Å². The Morgan fingerprint density at radius 1 is 1.06 bits per heavy atom. The number of aryl methyl sites for hydroxylation is 2. The fourth-order valence-corrected chi connectivity index (χ4v) is 8.48. The van der Waals surface area contributed by atoms with Gasteiger partial charge in [0.15, 0.2) is 0 Å². The van der Waals surface area contributed by atoms with E-state index in [2.05, 4.69) is 16.8 Å². The Kier molecular flexibility index (Phi) is 9.57. The molecule has 3 aliphatic heterocycles. The Morgan fingerprint density at radius 2 is 1.79 bits per heavy atom. The number of likely N-dealkylation sites (N-methyl/N-ethyl adjacent to an activating group) is 1. The van der Waals surface area contributed by atoms with Crippen LogP contribution in [-0.2, 0) is 27.9 Å². The minimum atomic E-state index is -4.11. The monoisotopic (exact) mass is 703 g/mol. The summed E-state index contributed by atoms with van der Waals surface area (Å²) in [5.74, 6) is -2.69. The Labute approximate surface area is 283 Å². The highest BCUT2D eigenvalue weighted by Gasteiger charge is 2.33. The number of nitrogens with one attached hydrogen (secondary N) is 1. The number of piperazine rings is 1. The summed E-state index contributed by atoms with van der Waals surface area (Å²) >= 11 is 6.90. The fourth-order valence-electron chi connectivity index (χ4n) is 6.96. The average Bonchev–Trinajstić information content (AvgIpc) is 3.61. The molecule has 2 amide bonds. The number of carbonyl (C=O) groups is 2. The molecule has 0 saturated carbocycles. The third kappa shape index (κ3) is 6.31. The quantitative estimate of drug-likeness (QED) is 0.369. The van der Waals surface area contributed by atoms with Gasteiger partial charge in [0.2, 0.25) is 0 Å². The van der Waals surface area contributed by atoms with Crippen LogP contribution >= 0.6 is 11.6 Å². The van der Waals surface area contributed by atoms with Crippen LogP contribution in [0.2, 0.25) is 5.02 Å². The molecule has 6 rings (SSSR count). The summed E-state index contributed by atoms with van der Waals surface area (Å²) in [6, 6.07) is 4.20. The lowest BCUT2D eigenvalue weighted by Gasteiger charge is -2.41. The summed E-state index contributed by atoms with van der Waals surface area (Å²) in [7, 11) is -0.366. The van der Waals surface area contributed by atoms with Crippen molar-refractivity contribution >= 4 is 50.3 Å². The van der Waals surface area contributed by atoms with E-state index in [-0.39, 0.29) is 43.3 Å². The average molecular weight is 704 g/mol. The smallest absolute Gasteiger partial charge is 0.341 e. The number of amides is 2. The van der Waals surface area contributed by atoms with Crippen molar-refractivity contribution in [3.63, 3.8) is 0 Å². The van der Waals surface area contributed by atoms with Gasteiger partial charge in [-0.3, -0.25) is 14.5 Å². The van der Waals surface area contributed by atoms with Crippen molar-refractivity contribution in [3.8, 4) is 0 Å². The molecule has 3 aliphatic rings. The molecule has 4 heterocycles. The molecule has 2 saturated heterocycles. The van der Waals surface area contributed by atoms with Gasteiger partial charge < -0.3 is 19.0 Å². The number of fused-ring (bicyclic) bond motifs is 3. The van der Waals surface area contributed by atoms with E-state index in [1.807, 2.05) is 17.7 Å². The Bertz CT molecular complexity index is 1960. The third-order valence-electron chi connectivity index (χ3n) is 9.72. The summed E-state index contributed by atoms with van der Waals surface area (Å²) in [4.78, 5) is 45.7. The van der Waals surface area contributed by atoms with Crippen LogP contribution in [0.15, 0.2) is 27.4 Å². The number of methoxy groups -OCH3 is 1. The third-order valence-corrected chi connectivity index (χ3v) is 11.5. The number of nitrogens with zero attached hydrogens (tertiary/aromatic N) is 4. The highest BCUT2D eigenvalue weighted by atomic mass is 35.5. The van der Waals surface area contributed by atoms with Crippen molar-refractivity contribution < 1.29 is 31.6 Å². The van der Waals surface area contributed by atoms with Gasteiger partial charge in [0, 0.05) is 68.6 Å². The van der Waals surface area contributed by atoms with Crippen molar-refractivity contribution in [3.05, 3.63) is 72.8 Å². The van der Waals surface area contributed by atoms with Crippen LogP contribution in [0, 0.1) is 19.7 Å². The number of benzene rings is 2. The van der Waals surface area contributed by atoms with Gasteiger partial charge >= 0.3 is 15.8 Å². The summed E-state index contributed by atoms with van der Waals surface area (Å²) in [5, 5.41) is 1.09. The van der Waals surface area contributed by atoms with Crippen LogP contribution in [0.5, 0.6) is 0 Å². The molecule has 1 atom stereocenters. The molecule has 0 radical (unpaired) electrons. The Balaban J connectivity index is 1.25. The fraction of sp³-hybridized carbons (Fsp3) is 0.485. The summed E-state index contributed by atoms with van der Waals surface area (Å²) in [6.45, 7) is 7.09. The van der Waals surface area contributed by atoms with Gasteiger partial charge in [0.05, 0.1) is 35.3 Å². The molecule has 3 aromatic rings. The first-order valence-corrected chi connectivity index (χ1v) is 17.8. The molecule has 12 nitrogen and oxygen atoms in total. The molecule has 2 aromatic carbocycles. The molecule has 1 aromatic heterocycles. The van der Waals surface area contributed by atoms with Gasteiger partial charge in [-0.25, -0.2) is 13.9 Å². The number of ether oxygens (including phenoxy) is 1. The van der Waals surface area contributed by atoms with Crippen LogP contribution in [0.3, 0.4) is 0 Å². The molecule has 0 bridgehead atoms. The van der Waals surface area contributed by atoms with Crippen LogP contribution in [0.25, 0.3) is 11.0 Å². The Morgan fingerprint density at radius 3 is 2.50 bits per heavy atom. The van der Waals surface area contributed by atoms with Gasteiger partial charge in [0.1, 0.15) is 11.4 Å². The van der Waals surface area contributed by atoms with Crippen molar-refractivity contribution in [2.75, 3.05) is 64.9 Å². The molecule has 48 heavy (non-hydrogen) atoms. The molecule has 1 N–H and O–H groups in total. The Hall–Kier alpha value is -3.56. The van der Waals surface area contributed by atoms with Gasteiger partial charge in [-0.15, -0.1) is 0 Å². The highest BCUT2D eigenvalue weighted by molar-refractivity contribution is 7.87. The number of hydrogen-bond acceptors (Lipinski definition) is 9. The summed E-state index contributed by atoms with van der Waals surface area (Å²) in [6.07, 6.45) is 1.68. The lowest BCUT2D eigenvalue weighted by Crippen LogP contribution is -2.53. The number of hydrogen-bond donors (Lipinski definition) is 1. The predicted molar refractivity (Wildman–Crippen MR) is 180 cm³/mol. The molecule has 0 aliphatic carbocycles. The van der Waals surface area contributed by atoms with E-state index in [0.29, 0.717) is 47.4 Å². The van der Waals surface area contributed by atoms with Crippen molar-refractivity contribution in [1.29, 1.82) is 0 Å². The van der Waals surface area contributed by atoms with Crippen molar-refractivity contribution in [1.82, 2.24) is 18.8 Å². The zero-order valence-electron chi connectivity index (χ0n) is 27.4. The second-order valence-corrected chi connectivity index (χ2v) is 14.8. The van der Waals surface area contributed by atoms with E-state index in [1.54, 1.807) is 7.11 Å². The zero-order chi connectivity index (χ0) is 34.5. The molecule has 15 heteroatoms. The van der Waals surface area contributed by atoms with E-state index in [4.69, 9.17) is 20.8 Å². The van der Waals surface area contributed by atoms with Gasteiger partial charge in [-0.1, -0.05) is 11.6 Å². The lowest BCUT2D eigenvalue weighted by molar-refractivity contribution is 0.0731. The SMILES string of the molecule is COC[C@H]1CN(c2cc(Cl)c3c4c(c(=O)oc3c2C)CN(C(=O)c2cc(F)c(C(=O)NS(=O)(=O)N3CCCC3)cc2C)CC4)CCN1C. The van der Waals surface area contributed by atoms with Gasteiger partial charge in [-0.2, -0.15) is 12.7 Å². The van der Waals surface area contributed by atoms with E-state index < -0.39 is 39.0 Å². The number of rotatable bonds is 7. The molecule has 0 unspecified atom stereocenters. The standard InChI is InChI=1S/C33H39ClFN5O7S/c1-19-13-24(31(41)36-48(44,45)40-8-5-6-9-40)27(35)14-23(19)32(42)39-10-7-22-25(17-39)33(43)47-30-20(2)28(15-26(34)29(22)30)38-12-11-37(3)21(16-38)18-46-4/h13-15,21H,5-12,16-18H2,1-4H3,(H,36,41)/t21-/m1/s1. The number of halogens is 2. The van der Waals surface area contributed by atoms with Crippen LogP contribution in [0.4, 0.5) is 10.1 Å². The number of carbonyl (C=O) groups excluding carboxylic acids is 2. The largest absolute Gasteiger partial charge is 0.422 e. The topological polar surface area (TPSA) is 133 Å². The van der Waals surface area contributed by atoms with Crippen LogP contribution < -0.4 is 15.2 Å². The zero-order valence-corrected chi connectivity index (χ0v) is 29.0. The first-order chi connectivity index (χ1) is 22.8. The van der Waals surface area contributed by atoms with Crippen LogP contribution in [-0.4, -0.2) is 100 Å². The first kappa shape index (κ1) is 34.3. The molecule has 258 valence electrons. The molecular weight excluding hydrogens is 665 g/mol. The van der Waals surface area contributed by atoms with E-state index in [9.17, 15) is 22.8 Å². The summed E-state index contributed by atoms with van der Waals surface area (Å²) in [5.41, 5.74) is 2.35.